The van der Waals surface area contributed by atoms with Crippen molar-refractivity contribution >= 4 is 0 Å². The topological polar surface area (TPSA) is 29.9 Å². The Kier molecular flexibility index (Phi) is 3.78. The van der Waals surface area contributed by atoms with Crippen LogP contribution in [-0.4, -0.2) is 22.6 Å². The van der Waals surface area contributed by atoms with Crippen molar-refractivity contribution in [3.8, 4) is 0 Å². The molecule has 0 aromatic carbocycles. The van der Waals surface area contributed by atoms with Gasteiger partial charge in [-0.15, -0.1) is 0 Å². The van der Waals surface area contributed by atoms with Gasteiger partial charge in [0.2, 0.25) is 0 Å². The number of nitrogens with zero attached hydrogens (tertiary/aromatic N) is 2. The van der Waals surface area contributed by atoms with Crippen molar-refractivity contribution in [2.24, 2.45) is 13.0 Å². The van der Waals surface area contributed by atoms with E-state index in [1.54, 1.807) is 0 Å². The van der Waals surface area contributed by atoms with Crippen molar-refractivity contribution in [1.82, 2.24) is 14.9 Å². The monoisotopic (exact) mass is 207 g/mol. The van der Waals surface area contributed by atoms with Gasteiger partial charge < -0.3 is 9.88 Å². The molecule has 1 heterocycles. The Morgan fingerprint density at radius 1 is 1.47 bits per heavy atom. The minimum Gasteiger partial charge on any atom is -0.338 e. The molecule has 0 radical (unpaired) electrons. The second kappa shape index (κ2) is 5.31. The first-order chi connectivity index (χ1) is 7.36. The van der Waals surface area contributed by atoms with Gasteiger partial charge >= 0.3 is 0 Å². The number of nitrogens with one attached hydrogen (secondary N) is 1. The van der Waals surface area contributed by atoms with Crippen LogP contribution in [0.1, 0.15) is 31.5 Å². The SMILES string of the molecule is Cn1ccnc1CCNCCC1CCC1. The van der Waals surface area contributed by atoms with Crippen molar-refractivity contribution in [3.63, 3.8) is 0 Å². The predicted octanol–water partition coefficient (Wildman–Crippen LogP) is 1.74. The maximum Gasteiger partial charge on any atom is 0.109 e. The summed E-state index contributed by atoms with van der Waals surface area (Å²) in [4.78, 5) is 4.30. The van der Waals surface area contributed by atoms with Crippen LogP contribution in [0.3, 0.4) is 0 Å². The molecule has 0 saturated heterocycles. The lowest BCUT2D eigenvalue weighted by molar-refractivity contribution is 0.292. The molecular formula is C12H21N3. The van der Waals surface area contributed by atoms with Gasteiger partial charge in [0.15, 0.2) is 0 Å². The van der Waals surface area contributed by atoms with Gasteiger partial charge in [-0.2, -0.15) is 0 Å². The van der Waals surface area contributed by atoms with Gasteiger partial charge in [0.1, 0.15) is 5.82 Å². The highest BCUT2D eigenvalue weighted by Gasteiger charge is 2.15. The number of aryl methyl sites for hydroxylation is 1. The first-order valence-corrected chi connectivity index (χ1v) is 6.03. The van der Waals surface area contributed by atoms with Gasteiger partial charge in [-0.1, -0.05) is 19.3 Å². The van der Waals surface area contributed by atoms with E-state index in [1.807, 2.05) is 12.4 Å². The molecule has 3 heteroatoms. The minimum atomic E-state index is 1.02. The summed E-state index contributed by atoms with van der Waals surface area (Å²) < 4.78 is 2.09. The second-order valence-electron chi connectivity index (χ2n) is 4.54. The predicted molar refractivity (Wildman–Crippen MR) is 61.7 cm³/mol. The van der Waals surface area contributed by atoms with E-state index in [9.17, 15) is 0 Å². The molecule has 0 bridgehead atoms. The summed E-state index contributed by atoms with van der Waals surface area (Å²) in [5.41, 5.74) is 0. The van der Waals surface area contributed by atoms with E-state index in [0.29, 0.717) is 0 Å². The molecule has 1 aliphatic carbocycles. The molecule has 1 aromatic rings. The van der Waals surface area contributed by atoms with Crippen molar-refractivity contribution in [2.45, 2.75) is 32.1 Å². The largest absolute Gasteiger partial charge is 0.338 e. The normalized spacial score (nSPS) is 16.6. The summed E-state index contributed by atoms with van der Waals surface area (Å²) in [7, 11) is 2.05. The highest BCUT2D eigenvalue weighted by atomic mass is 15.0. The molecule has 2 rings (SSSR count). The van der Waals surface area contributed by atoms with Gasteiger partial charge in [-0.05, 0) is 18.9 Å². The zero-order valence-electron chi connectivity index (χ0n) is 9.58. The Hall–Kier alpha value is -0.830. The first-order valence-electron chi connectivity index (χ1n) is 6.03. The Morgan fingerprint density at radius 2 is 2.33 bits per heavy atom. The third kappa shape index (κ3) is 3.06. The molecule has 0 spiro atoms. The van der Waals surface area contributed by atoms with Crippen LogP contribution in [0.25, 0.3) is 0 Å². The van der Waals surface area contributed by atoms with Crippen LogP contribution >= 0.6 is 0 Å². The average molecular weight is 207 g/mol. The lowest BCUT2D eigenvalue weighted by atomic mass is 9.83. The molecular weight excluding hydrogens is 186 g/mol. The highest BCUT2D eigenvalue weighted by molar-refractivity contribution is 4.91. The molecule has 1 saturated carbocycles. The number of imidazole rings is 1. The van der Waals surface area contributed by atoms with Gasteiger partial charge in [-0.25, -0.2) is 4.98 Å². The van der Waals surface area contributed by atoms with Crippen LogP contribution in [0.5, 0.6) is 0 Å². The van der Waals surface area contributed by atoms with Crippen molar-refractivity contribution < 1.29 is 0 Å². The van der Waals surface area contributed by atoms with Gasteiger partial charge in [0.25, 0.3) is 0 Å². The molecule has 1 N–H and O–H groups in total. The zero-order valence-corrected chi connectivity index (χ0v) is 9.58. The molecule has 84 valence electrons. The lowest BCUT2D eigenvalue weighted by Crippen LogP contribution is -2.23. The molecule has 1 aliphatic rings. The third-order valence-corrected chi connectivity index (χ3v) is 3.40. The van der Waals surface area contributed by atoms with E-state index in [0.717, 1.165) is 18.9 Å². The van der Waals surface area contributed by atoms with Crippen LogP contribution in [0, 0.1) is 5.92 Å². The molecule has 0 unspecified atom stereocenters. The number of hydrogen-bond acceptors (Lipinski definition) is 2. The van der Waals surface area contributed by atoms with E-state index in [1.165, 1.54) is 38.1 Å². The fourth-order valence-corrected chi connectivity index (χ4v) is 2.05. The molecule has 0 aliphatic heterocycles. The van der Waals surface area contributed by atoms with E-state index >= 15 is 0 Å². The first kappa shape index (κ1) is 10.7. The Labute approximate surface area is 91.9 Å². The van der Waals surface area contributed by atoms with Crippen molar-refractivity contribution in [1.29, 1.82) is 0 Å². The zero-order chi connectivity index (χ0) is 10.5. The summed E-state index contributed by atoms with van der Waals surface area (Å²) in [6.07, 6.45) is 10.6. The third-order valence-electron chi connectivity index (χ3n) is 3.40. The van der Waals surface area contributed by atoms with E-state index < -0.39 is 0 Å². The van der Waals surface area contributed by atoms with Crippen LogP contribution in [0.4, 0.5) is 0 Å². The van der Waals surface area contributed by atoms with Crippen LogP contribution < -0.4 is 5.32 Å². The van der Waals surface area contributed by atoms with Gasteiger partial charge in [0, 0.05) is 32.4 Å². The van der Waals surface area contributed by atoms with Crippen molar-refractivity contribution in [2.75, 3.05) is 13.1 Å². The van der Waals surface area contributed by atoms with Crippen molar-refractivity contribution in [3.05, 3.63) is 18.2 Å². The standard InChI is InChI=1S/C12H21N3/c1-15-10-9-14-12(15)6-8-13-7-5-11-3-2-4-11/h9-11,13H,2-8H2,1H3. The number of hydrogen-bond donors (Lipinski definition) is 1. The number of aromatic nitrogens is 2. The quantitative estimate of drug-likeness (QED) is 0.720. The summed E-state index contributed by atoms with van der Waals surface area (Å²) in [6.45, 7) is 2.23. The van der Waals surface area contributed by atoms with E-state index in [-0.39, 0.29) is 0 Å². The number of rotatable bonds is 6. The van der Waals surface area contributed by atoms with Crippen LogP contribution in [0.2, 0.25) is 0 Å². The fourth-order valence-electron chi connectivity index (χ4n) is 2.05. The van der Waals surface area contributed by atoms with Crippen LogP contribution in [-0.2, 0) is 13.5 Å². The Bertz CT molecular complexity index is 289. The Morgan fingerprint density at radius 3 is 2.93 bits per heavy atom. The summed E-state index contributed by atoms with van der Waals surface area (Å²) in [5, 5.41) is 3.50. The molecule has 0 amide bonds. The lowest BCUT2D eigenvalue weighted by Gasteiger charge is -2.25. The molecule has 0 atom stereocenters. The molecule has 3 nitrogen and oxygen atoms in total. The summed E-state index contributed by atoms with van der Waals surface area (Å²) in [6, 6.07) is 0. The minimum absolute atomic E-state index is 1.02. The summed E-state index contributed by atoms with van der Waals surface area (Å²) in [5.74, 6) is 2.19. The van der Waals surface area contributed by atoms with E-state index in [2.05, 4.69) is 21.9 Å². The maximum absolute atomic E-state index is 4.30. The maximum atomic E-state index is 4.30. The summed E-state index contributed by atoms with van der Waals surface area (Å²) >= 11 is 0. The molecule has 15 heavy (non-hydrogen) atoms. The van der Waals surface area contributed by atoms with E-state index in [4.69, 9.17) is 0 Å². The smallest absolute Gasteiger partial charge is 0.109 e. The van der Waals surface area contributed by atoms with Gasteiger partial charge in [-0.3, -0.25) is 0 Å². The fraction of sp³-hybridized carbons (Fsp3) is 0.750. The average Bonchev–Trinajstić information content (AvgIpc) is 2.55. The Balaban J connectivity index is 1.53. The highest BCUT2D eigenvalue weighted by Crippen LogP contribution is 2.28. The molecule has 1 aromatic heterocycles. The second-order valence-corrected chi connectivity index (χ2v) is 4.54. The van der Waals surface area contributed by atoms with Gasteiger partial charge in [0.05, 0.1) is 0 Å². The van der Waals surface area contributed by atoms with Crippen LogP contribution in [0.15, 0.2) is 12.4 Å². The molecule has 1 fully saturated rings.